The first-order valence-corrected chi connectivity index (χ1v) is 12.7. The minimum atomic E-state index is -0.868. The summed E-state index contributed by atoms with van der Waals surface area (Å²) >= 11 is 3.75. The summed E-state index contributed by atoms with van der Waals surface area (Å²) in [5, 5.41) is 9.67. The number of rotatable bonds is 4. The molecule has 0 bridgehead atoms. The summed E-state index contributed by atoms with van der Waals surface area (Å²) in [6, 6.07) is 16.7. The number of thioether (sulfide) groups is 1. The van der Waals surface area contributed by atoms with Crippen LogP contribution in [0, 0.1) is 0 Å². The van der Waals surface area contributed by atoms with Crippen LogP contribution in [0.2, 0.25) is 0 Å². The van der Waals surface area contributed by atoms with Crippen molar-refractivity contribution in [3.63, 3.8) is 0 Å². The molecule has 0 unspecified atom stereocenters. The highest BCUT2D eigenvalue weighted by Gasteiger charge is 2.29. The normalized spacial score (nSPS) is 15.2. The van der Waals surface area contributed by atoms with Crippen molar-refractivity contribution in [3.8, 4) is 11.1 Å². The van der Waals surface area contributed by atoms with Crippen LogP contribution in [0.5, 0.6) is 0 Å². The van der Waals surface area contributed by atoms with E-state index in [0.29, 0.717) is 12.0 Å². The Labute approximate surface area is 199 Å². The first kappa shape index (κ1) is 22.9. The smallest absolute Gasteiger partial charge is 0.335 e. The van der Waals surface area contributed by atoms with E-state index < -0.39 is 5.97 Å². The predicted molar refractivity (Wildman–Crippen MR) is 138 cm³/mol. The van der Waals surface area contributed by atoms with Gasteiger partial charge in [-0.3, -0.25) is 0 Å². The third kappa shape index (κ3) is 4.31. The van der Waals surface area contributed by atoms with Crippen molar-refractivity contribution in [3.05, 3.63) is 81.1 Å². The van der Waals surface area contributed by atoms with Crippen LogP contribution in [-0.4, -0.2) is 15.8 Å². The fourth-order valence-corrected chi connectivity index (χ4v) is 6.52. The van der Waals surface area contributed by atoms with E-state index in [1.54, 1.807) is 6.07 Å². The molecule has 0 fully saturated rings. The second kappa shape index (κ2) is 8.24. The largest absolute Gasteiger partial charge is 0.478 e. The Hall–Kier alpha value is -2.30. The lowest BCUT2D eigenvalue weighted by Gasteiger charge is -2.29. The highest BCUT2D eigenvalue weighted by atomic mass is 32.2. The van der Waals surface area contributed by atoms with Crippen molar-refractivity contribution in [2.24, 2.45) is 0 Å². The zero-order valence-corrected chi connectivity index (χ0v) is 21.2. The van der Waals surface area contributed by atoms with E-state index >= 15 is 0 Å². The lowest BCUT2D eigenvalue weighted by Crippen LogP contribution is -2.16. The lowest BCUT2D eigenvalue weighted by atomic mass is 9.90. The van der Waals surface area contributed by atoms with Crippen LogP contribution in [0.1, 0.15) is 72.8 Å². The SMILES string of the molecule is CCc1c(C(=O)O)cccc1-c1ccc2c(c1)C(c1ccc(C(C)(C)C)s1)=CC(C)(C)S2. The number of aromatic carboxylic acids is 1. The van der Waals surface area contributed by atoms with Crippen molar-refractivity contribution in [1.29, 1.82) is 0 Å². The van der Waals surface area contributed by atoms with Crippen LogP contribution < -0.4 is 0 Å². The monoisotopic (exact) mass is 462 g/mol. The molecule has 0 spiro atoms. The molecule has 1 aromatic heterocycles. The van der Waals surface area contributed by atoms with Crippen molar-refractivity contribution >= 4 is 34.6 Å². The lowest BCUT2D eigenvalue weighted by molar-refractivity contribution is 0.0696. The molecule has 32 heavy (non-hydrogen) atoms. The number of hydrogen-bond donors (Lipinski definition) is 1. The van der Waals surface area contributed by atoms with Crippen LogP contribution >= 0.6 is 23.1 Å². The molecule has 1 aliphatic rings. The average Bonchev–Trinajstić information content (AvgIpc) is 3.22. The fourth-order valence-electron chi connectivity index (χ4n) is 4.26. The van der Waals surface area contributed by atoms with Gasteiger partial charge in [-0.25, -0.2) is 4.79 Å². The Bertz CT molecular complexity index is 1220. The maximum Gasteiger partial charge on any atom is 0.335 e. The minimum Gasteiger partial charge on any atom is -0.478 e. The van der Waals surface area contributed by atoms with Gasteiger partial charge in [0.2, 0.25) is 0 Å². The van der Waals surface area contributed by atoms with E-state index in [4.69, 9.17) is 0 Å². The summed E-state index contributed by atoms with van der Waals surface area (Å²) in [5.41, 5.74) is 5.99. The molecule has 0 saturated heterocycles. The fraction of sp³-hybridized carbons (Fsp3) is 0.321. The van der Waals surface area contributed by atoms with Crippen LogP contribution in [-0.2, 0) is 11.8 Å². The van der Waals surface area contributed by atoms with Gasteiger partial charge in [0, 0.05) is 19.4 Å². The van der Waals surface area contributed by atoms with E-state index in [9.17, 15) is 9.90 Å². The number of hydrogen-bond acceptors (Lipinski definition) is 3. The maximum absolute atomic E-state index is 11.8. The molecule has 2 aromatic carbocycles. The molecule has 0 saturated carbocycles. The van der Waals surface area contributed by atoms with Gasteiger partial charge in [0.15, 0.2) is 0 Å². The van der Waals surface area contributed by atoms with E-state index in [0.717, 1.165) is 16.7 Å². The van der Waals surface area contributed by atoms with Gasteiger partial charge in [-0.15, -0.1) is 23.1 Å². The number of carboxylic acids is 1. The van der Waals surface area contributed by atoms with Crippen molar-refractivity contribution < 1.29 is 9.90 Å². The van der Waals surface area contributed by atoms with Gasteiger partial charge in [-0.05, 0) is 83.8 Å². The summed E-state index contributed by atoms with van der Waals surface area (Å²) in [5.74, 6) is -0.868. The molecule has 0 aliphatic carbocycles. The molecular formula is C28H30O2S2. The number of carboxylic acid groups (broad SMARTS) is 1. The molecule has 2 nitrogen and oxygen atoms in total. The van der Waals surface area contributed by atoms with Crippen molar-refractivity contribution in [2.45, 2.75) is 63.0 Å². The molecule has 0 radical (unpaired) electrons. The standard InChI is InChI=1S/C28H30O2S2/c1-7-18-19(9-8-10-20(18)26(29)30)17-11-12-24-21(15-17)22(16-28(5,6)32-24)23-13-14-25(31-23)27(2,3)4/h8-16H,7H2,1-6H3,(H,29,30). The Kier molecular flexibility index (Phi) is 5.89. The quantitative estimate of drug-likeness (QED) is 0.424. The Balaban J connectivity index is 1.88. The van der Waals surface area contributed by atoms with Gasteiger partial charge < -0.3 is 5.11 Å². The van der Waals surface area contributed by atoms with Gasteiger partial charge >= 0.3 is 5.97 Å². The first-order valence-electron chi connectivity index (χ1n) is 11.0. The van der Waals surface area contributed by atoms with Gasteiger partial charge in [-0.2, -0.15) is 0 Å². The highest BCUT2D eigenvalue weighted by molar-refractivity contribution is 8.01. The third-order valence-corrected chi connectivity index (χ3v) is 8.58. The van der Waals surface area contributed by atoms with Gasteiger partial charge in [0.25, 0.3) is 0 Å². The van der Waals surface area contributed by atoms with Crippen LogP contribution in [0.3, 0.4) is 0 Å². The Morgan fingerprint density at radius 2 is 1.78 bits per heavy atom. The van der Waals surface area contributed by atoms with Gasteiger partial charge in [-0.1, -0.05) is 52.0 Å². The topological polar surface area (TPSA) is 37.3 Å². The average molecular weight is 463 g/mol. The first-order chi connectivity index (χ1) is 15.0. The summed E-state index contributed by atoms with van der Waals surface area (Å²) in [4.78, 5) is 15.7. The van der Waals surface area contributed by atoms with E-state index in [2.05, 4.69) is 71.0 Å². The minimum absolute atomic E-state index is 0.00748. The van der Waals surface area contributed by atoms with Gasteiger partial charge in [0.05, 0.1) is 5.56 Å². The van der Waals surface area contributed by atoms with Crippen molar-refractivity contribution in [2.75, 3.05) is 0 Å². The predicted octanol–water partition coefficient (Wildman–Crippen LogP) is 8.29. The summed E-state index contributed by atoms with van der Waals surface area (Å²) < 4.78 is 0.00748. The molecule has 0 atom stereocenters. The molecule has 3 aromatic rings. The third-order valence-electron chi connectivity index (χ3n) is 5.82. The number of thiophene rings is 1. The zero-order chi connectivity index (χ0) is 23.3. The molecule has 2 heterocycles. The Morgan fingerprint density at radius 1 is 1.03 bits per heavy atom. The molecular weight excluding hydrogens is 432 g/mol. The number of fused-ring (bicyclic) bond motifs is 1. The van der Waals surface area contributed by atoms with Crippen LogP contribution in [0.15, 0.2) is 59.5 Å². The molecule has 166 valence electrons. The molecule has 0 amide bonds. The van der Waals surface area contributed by atoms with Gasteiger partial charge in [0.1, 0.15) is 0 Å². The molecule has 4 rings (SSSR count). The summed E-state index contributed by atoms with van der Waals surface area (Å²) in [6.45, 7) is 13.3. The van der Waals surface area contributed by atoms with Crippen LogP contribution in [0.4, 0.5) is 0 Å². The summed E-state index contributed by atoms with van der Waals surface area (Å²) in [7, 11) is 0. The Morgan fingerprint density at radius 3 is 2.41 bits per heavy atom. The van der Waals surface area contributed by atoms with Crippen molar-refractivity contribution in [1.82, 2.24) is 0 Å². The number of carbonyl (C=O) groups is 1. The van der Waals surface area contributed by atoms with E-state index in [-0.39, 0.29) is 10.2 Å². The van der Waals surface area contributed by atoms with E-state index in [1.807, 2.05) is 42.2 Å². The maximum atomic E-state index is 11.8. The highest BCUT2D eigenvalue weighted by Crippen LogP contribution is 2.49. The van der Waals surface area contributed by atoms with E-state index in [1.165, 1.54) is 25.8 Å². The summed E-state index contributed by atoms with van der Waals surface area (Å²) in [6.07, 6.45) is 3.07. The second-order valence-electron chi connectivity index (χ2n) is 9.88. The second-order valence-corrected chi connectivity index (χ2v) is 12.7. The molecule has 1 N–H and O–H groups in total. The number of benzene rings is 2. The molecule has 1 aliphatic heterocycles. The zero-order valence-electron chi connectivity index (χ0n) is 19.6. The molecule has 4 heteroatoms. The van der Waals surface area contributed by atoms with Crippen LogP contribution in [0.25, 0.3) is 16.7 Å².